The molecular formula is C16H12N4O3S. The summed E-state index contributed by atoms with van der Waals surface area (Å²) in [5, 5.41) is 11.7. The largest absolute Gasteiger partial charge is 0.296 e. The molecular weight excluding hydrogens is 328 g/mol. The Morgan fingerprint density at radius 2 is 2.04 bits per heavy atom. The molecule has 0 fully saturated rings. The van der Waals surface area contributed by atoms with E-state index in [4.69, 9.17) is 5.26 Å². The van der Waals surface area contributed by atoms with Crippen molar-refractivity contribution in [2.24, 2.45) is 0 Å². The Balaban J connectivity index is 2.05. The van der Waals surface area contributed by atoms with Gasteiger partial charge in [0.05, 0.1) is 22.1 Å². The molecule has 0 saturated carbocycles. The van der Waals surface area contributed by atoms with Gasteiger partial charge in [-0.15, -0.1) is 0 Å². The van der Waals surface area contributed by atoms with Gasteiger partial charge in [-0.2, -0.15) is 5.26 Å². The summed E-state index contributed by atoms with van der Waals surface area (Å²) >= 11 is 0. The molecule has 0 aliphatic carbocycles. The molecule has 120 valence electrons. The molecule has 2 heterocycles. The van der Waals surface area contributed by atoms with Crippen molar-refractivity contribution in [3.63, 3.8) is 0 Å². The third-order valence-electron chi connectivity index (χ3n) is 3.45. The number of rotatable bonds is 3. The van der Waals surface area contributed by atoms with Crippen LogP contribution < -0.4 is 5.56 Å². The number of nitrogens with one attached hydrogen (secondary N) is 1. The second-order valence-electron chi connectivity index (χ2n) is 5.14. The van der Waals surface area contributed by atoms with Crippen molar-refractivity contribution >= 4 is 9.84 Å². The number of H-pyrrole nitrogens is 1. The van der Waals surface area contributed by atoms with Gasteiger partial charge in [-0.25, -0.2) is 18.1 Å². The van der Waals surface area contributed by atoms with Crippen LogP contribution in [0.25, 0.3) is 16.9 Å². The minimum absolute atomic E-state index is 0.0767. The first kappa shape index (κ1) is 15.7. The third kappa shape index (κ3) is 2.85. The SMILES string of the molecule is CS(=O)(=O)c1ccc(-n2[nH]cc(-c3cccc(C#N)c3)c2=O)nc1. The van der Waals surface area contributed by atoms with Crippen LogP contribution in [-0.4, -0.2) is 29.4 Å². The van der Waals surface area contributed by atoms with Crippen molar-refractivity contribution in [2.45, 2.75) is 4.90 Å². The Morgan fingerprint density at radius 3 is 2.67 bits per heavy atom. The van der Waals surface area contributed by atoms with E-state index in [1.54, 1.807) is 24.3 Å². The molecule has 3 aromatic rings. The second kappa shape index (κ2) is 5.79. The minimum atomic E-state index is -3.35. The highest BCUT2D eigenvalue weighted by atomic mass is 32.2. The molecule has 1 N–H and O–H groups in total. The van der Waals surface area contributed by atoms with Crippen LogP contribution in [0.15, 0.2) is 58.5 Å². The van der Waals surface area contributed by atoms with E-state index in [2.05, 4.69) is 10.1 Å². The first-order chi connectivity index (χ1) is 11.4. The second-order valence-corrected chi connectivity index (χ2v) is 7.16. The van der Waals surface area contributed by atoms with Crippen molar-refractivity contribution in [2.75, 3.05) is 6.26 Å². The number of nitrogens with zero attached hydrogens (tertiary/aromatic N) is 3. The van der Waals surface area contributed by atoms with Gasteiger partial charge >= 0.3 is 0 Å². The van der Waals surface area contributed by atoms with Gasteiger partial charge in [-0.1, -0.05) is 12.1 Å². The van der Waals surface area contributed by atoms with Crippen LogP contribution in [0, 0.1) is 11.3 Å². The predicted molar refractivity (Wildman–Crippen MR) is 87.4 cm³/mol. The monoisotopic (exact) mass is 340 g/mol. The Labute approximate surface area is 137 Å². The van der Waals surface area contributed by atoms with Gasteiger partial charge in [0, 0.05) is 18.6 Å². The van der Waals surface area contributed by atoms with Crippen LogP contribution in [0.5, 0.6) is 0 Å². The topological polar surface area (TPSA) is 109 Å². The Morgan fingerprint density at radius 1 is 1.25 bits per heavy atom. The summed E-state index contributed by atoms with van der Waals surface area (Å²) in [6, 6.07) is 11.6. The highest BCUT2D eigenvalue weighted by molar-refractivity contribution is 7.90. The van der Waals surface area contributed by atoms with Gasteiger partial charge in [-0.3, -0.25) is 9.89 Å². The van der Waals surface area contributed by atoms with Gasteiger partial charge in [0.2, 0.25) is 0 Å². The van der Waals surface area contributed by atoms with Gasteiger partial charge in [0.15, 0.2) is 15.7 Å². The summed E-state index contributed by atoms with van der Waals surface area (Å²) in [5.41, 5.74) is 1.11. The lowest BCUT2D eigenvalue weighted by Crippen LogP contribution is -2.17. The fourth-order valence-electron chi connectivity index (χ4n) is 2.23. The fourth-order valence-corrected chi connectivity index (χ4v) is 2.79. The third-order valence-corrected chi connectivity index (χ3v) is 4.55. The number of benzene rings is 1. The first-order valence-electron chi connectivity index (χ1n) is 6.87. The highest BCUT2D eigenvalue weighted by Crippen LogP contribution is 2.17. The smallest absolute Gasteiger partial charge is 0.280 e. The average molecular weight is 340 g/mol. The number of sulfone groups is 1. The quantitative estimate of drug-likeness (QED) is 0.777. The van der Waals surface area contributed by atoms with E-state index in [0.29, 0.717) is 16.7 Å². The molecule has 0 amide bonds. The van der Waals surface area contributed by atoms with Crippen LogP contribution >= 0.6 is 0 Å². The van der Waals surface area contributed by atoms with Crippen LogP contribution in [0.4, 0.5) is 0 Å². The lowest BCUT2D eigenvalue weighted by Gasteiger charge is -2.02. The number of aromatic amines is 1. The molecule has 1 aromatic carbocycles. The van der Waals surface area contributed by atoms with E-state index in [1.807, 2.05) is 6.07 Å². The Hall–Kier alpha value is -3.18. The zero-order valence-corrected chi connectivity index (χ0v) is 13.4. The van der Waals surface area contributed by atoms with Crippen molar-refractivity contribution < 1.29 is 8.42 Å². The number of pyridine rings is 1. The van der Waals surface area contributed by atoms with Crippen molar-refractivity contribution in [1.82, 2.24) is 14.8 Å². The Bertz CT molecular complexity index is 1100. The zero-order valence-electron chi connectivity index (χ0n) is 12.6. The predicted octanol–water partition coefficient (Wildman–Crippen LogP) is 1.50. The van der Waals surface area contributed by atoms with E-state index >= 15 is 0 Å². The number of aromatic nitrogens is 3. The molecule has 0 radical (unpaired) electrons. The van der Waals surface area contributed by atoms with E-state index < -0.39 is 9.84 Å². The molecule has 7 nitrogen and oxygen atoms in total. The van der Waals surface area contributed by atoms with E-state index in [9.17, 15) is 13.2 Å². The standard InChI is InChI=1S/C16H12N4O3S/c1-24(22,23)13-5-6-15(18-9-13)20-16(21)14(10-19-20)12-4-2-3-11(7-12)8-17/h2-7,9-10,19H,1H3. The molecule has 8 heteroatoms. The summed E-state index contributed by atoms with van der Waals surface area (Å²) in [6.07, 6.45) is 3.81. The molecule has 0 saturated heterocycles. The van der Waals surface area contributed by atoms with Crippen molar-refractivity contribution in [3.8, 4) is 23.0 Å². The summed E-state index contributed by atoms with van der Waals surface area (Å²) < 4.78 is 24.1. The normalized spacial score (nSPS) is 11.2. The first-order valence-corrected chi connectivity index (χ1v) is 8.77. The molecule has 0 spiro atoms. The molecule has 24 heavy (non-hydrogen) atoms. The van der Waals surface area contributed by atoms with Crippen LogP contribution in [-0.2, 0) is 9.84 Å². The minimum Gasteiger partial charge on any atom is -0.296 e. The number of hydrogen-bond acceptors (Lipinski definition) is 5. The zero-order chi connectivity index (χ0) is 17.3. The maximum atomic E-state index is 12.5. The molecule has 0 aliphatic heterocycles. The van der Waals surface area contributed by atoms with Crippen LogP contribution in [0.3, 0.4) is 0 Å². The molecule has 0 aliphatic rings. The van der Waals surface area contributed by atoms with Crippen molar-refractivity contribution in [3.05, 3.63) is 64.7 Å². The maximum absolute atomic E-state index is 12.5. The van der Waals surface area contributed by atoms with Gasteiger partial charge in [-0.05, 0) is 29.8 Å². The van der Waals surface area contributed by atoms with E-state index in [1.165, 1.54) is 29.2 Å². The summed E-state index contributed by atoms with van der Waals surface area (Å²) in [6.45, 7) is 0. The van der Waals surface area contributed by atoms with Gasteiger partial charge in [0.1, 0.15) is 0 Å². The van der Waals surface area contributed by atoms with Gasteiger partial charge < -0.3 is 0 Å². The summed E-state index contributed by atoms with van der Waals surface area (Å²) in [5.74, 6) is 0.273. The molecule has 3 rings (SSSR count). The summed E-state index contributed by atoms with van der Waals surface area (Å²) in [4.78, 5) is 16.6. The number of nitriles is 1. The summed E-state index contributed by atoms with van der Waals surface area (Å²) in [7, 11) is -3.35. The Kier molecular flexibility index (Phi) is 3.79. The number of hydrogen-bond donors (Lipinski definition) is 1. The highest BCUT2D eigenvalue weighted by Gasteiger charge is 2.13. The van der Waals surface area contributed by atoms with Gasteiger partial charge in [0.25, 0.3) is 5.56 Å². The van der Waals surface area contributed by atoms with Crippen LogP contribution in [0.1, 0.15) is 5.56 Å². The van der Waals surface area contributed by atoms with E-state index in [0.717, 1.165) is 6.26 Å². The molecule has 0 atom stereocenters. The fraction of sp³-hybridized carbons (Fsp3) is 0.0625. The lowest BCUT2D eigenvalue weighted by molar-refractivity contribution is 0.601. The molecule has 0 unspecified atom stereocenters. The van der Waals surface area contributed by atoms with E-state index in [-0.39, 0.29) is 16.3 Å². The average Bonchev–Trinajstić information content (AvgIpc) is 2.96. The maximum Gasteiger partial charge on any atom is 0.280 e. The molecule has 2 aromatic heterocycles. The lowest BCUT2D eigenvalue weighted by atomic mass is 10.1. The van der Waals surface area contributed by atoms with Crippen molar-refractivity contribution in [1.29, 1.82) is 5.26 Å². The van der Waals surface area contributed by atoms with Crippen LogP contribution in [0.2, 0.25) is 0 Å². The molecule has 0 bridgehead atoms.